The molecule has 2 N–H and O–H groups in total. The molecule has 1 spiro atoms. The molecule has 0 atom stereocenters. The van der Waals surface area contributed by atoms with E-state index in [-0.39, 0.29) is 22.5 Å². The number of hydrogen-bond donors (Lipinski definition) is 1. The Morgan fingerprint density at radius 1 is 1.16 bits per heavy atom. The zero-order valence-electron chi connectivity index (χ0n) is 14.6. The number of allylic oxidation sites excluding steroid dienone is 1. The maximum absolute atomic E-state index is 13.1. The van der Waals surface area contributed by atoms with Crippen LogP contribution < -0.4 is 5.73 Å². The molecule has 0 unspecified atom stereocenters. The molecule has 0 aromatic heterocycles. The fourth-order valence-electron chi connectivity index (χ4n) is 4.68. The Morgan fingerprint density at radius 2 is 1.76 bits per heavy atom. The fourth-order valence-corrected chi connectivity index (χ4v) is 4.81. The van der Waals surface area contributed by atoms with Crippen LogP contribution >= 0.6 is 11.6 Å². The first kappa shape index (κ1) is 16.6. The summed E-state index contributed by atoms with van der Waals surface area (Å²) in [5.74, 6) is 0.213. The molecular formula is C20H23ClN2O2. The molecule has 0 radical (unpaired) electrons. The zero-order valence-corrected chi connectivity index (χ0v) is 15.4. The summed E-state index contributed by atoms with van der Waals surface area (Å²) >= 11 is 5.97. The van der Waals surface area contributed by atoms with Crippen molar-refractivity contribution in [3.05, 3.63) is 46.6 Å². The molecule has 3 aliphatic rings. The molecule has 0 bridgehead atoms. The summed E-state index contributed by atoms with van der Waals surface area (Å²) in [7, 11) is 0. The van der Waals surface area contributed by atoms with Gasteiger partial charge in [0.2, 0.25) is 5.91 Å². The van der Waals surface area contributed by atoms with Crippen LogP contribution in [-0.2, 0) is 15.0 Å². The number of rotatable bonds is 2. The summed E-state index contributed by atoms with van der Waals surface area (Å²) in [4.78, 5) is 27.2. The third-order valence-corrected chi connectivity index (χ3v) is 6.24. The predicted molar refractivity (Wildman–Crippen MR) is 97.1 cm³/mol. The summed E-state index contributed by atoms with van der Waals surface area (Å²) in [5, 5.41) is 0.685. The number of nitrogens with zero attached hydrogens (tertiary/aromatic N) is 1. The second kappa shape index (κ2) is 5.10. The summed E-state index contributed by atoms with van der Waals surface area (Å²) in [6, 6.07) is 7.62. The summed E-state index contributed by atoms with van der Waals surface area (Å²) < 4.78 is 0. The van der Waals surface area contributed by atoms with Gasteiger partial charge in [0.15, 0.2) is 5.78 Å². The molecule has 1 saturated heterocycles. The van der Waals surface area contributed by atoms with E-state index in [1.807, 2.05) is 49.1 Å². The van der Waals surface area contributed by atoms with Crippen LogP contribution in [0.2, 0.25) is 5.02 Å². The Labute approximate surface area is 153 Å². The molecule has 1 heterocycles. The number of amides is 1. The molecular weight excluding hydrogens is 336 g/mol. The summed E-state index contributed by atoms with van der Waals surface area (Å²) in [6.45, 7) is 5.19. The Bertz CT molecular complexity index is 784. The van der Waals surface area contributed by atoms with Crippen LogP contribution in [-0.4, -0.2) is 29.7 Å². The average Bonchev–Trinajstić information content (AvgIpc) is 3.31. The first-order valence-electron chi connectivity index (χ1n) is 8.76. The number of likely N-dealkylation sites (tertiary alicyclic amines) is 1. The quantitative estimate of drug-likeness (QED) is 0.883. The number of carbonyl (C=O) groups is 2. The highest BCUT2D eigenvalue weighted by Crippen LogP contribution is 2.53. The number of benzene rings is 1. The maximum atomic E-state index is 13.1. The molecule has 5 heteroatoms. The molecule has 132 valence electrons. The van der Waals surface area contributed by atoms with Crippen molar-refractivity contribution in [3.63, 3.8) is 0 Å². The van der Waals surface area contributed by atoms with Crippen LogP contribution in [0.4, 0.5) is 0 Å². The predicted octanol–water partition coefficient (Wildman–Crippen LogP) is 3.04. The second-order valence-electron chi connectivity index (χ2n) is 8.60. The Morgan fingerprint density at radius 3 is 2.28 bits per heavy atom. The standard InChI is InChI=1S/C20H23ClN2O2/c1-18(2)10-19(9-15(22)16(18)24)11-23(12-19)17(25)20(7-8-20)13-3-5-14(21)6-4-13/h3-6,9H,7-8,10-12,22H2,1-2H3. The van der Waals surface area contributed by atoms with Gasteiger partial charge in [-0.25, -0.2) is 0 Å². The highest BCUT2D eigenvalue weighted by molar-refractivity contribution is 6.30. The van der Waals surface area contributed by atoms with Crippen LogP contribution in [0.25, 0.3) is 0 Å². The average molecular weight is 359 g/mol. The van der Waals surface area contributed by atoms with Gasteiger partial charge in [-0.15, -0.1) is 0 Å². The van der Waals surface area contributed by atoms with Gasteiger partial charge < -0.3 is 10.6 Å². The molecule has 1 aromatic carbocycles. The van der Waals surface area contributed by atoms with E-state index in [4.69, 9.17) is 17.3 Å². The molecule has 2 fully saturated rings. The van der Waals surface area contributed by atoms with Crippen LogP contribution in [0.15, 0.2) is 36.0 Å². The number of carbonyl (C=O) groups excluding carboxylic acids is 2. The number of ketones is 1. The van der Waals surface area contributed by atoms with E-state index in [9.17, 15) is 9.59 Å². The van der Waals surface area contributed by atoms with E-state index in [1.165, 1.54) is 0 Å². The van der Waals surface area contributed by atoms with Gasteiger partial charge in [-0.3, -0.25) is 9.59 Å². The number of nitrogens with two attached hydrogens (primary N) is 1. The number of halogens is 1. The molecule has 1 aliphatic heterocycles. The Kier molecular flexibility index (Phi) is 3.40. The van der Waals surface area contributed by atoms with Crippen molar-refractivity contribution in [3.8, 4) is 0 Å². The Balaban J connectivity index is 1.52. The van der Waals surface area contributed by atoms with Crippen molar-refractivity contribution in [2.24, 2.45) is 16.6 Å². The van der Waals surface area contributed by atoms with E-state index in [0.29, 0.717) is 23.8 Å². The van der Waals surface area contributed by atoms with Crippen molar-refractivity contribution in [1.82, 2.24) is 4.90 Å². The first-order chi connectivity index (χ1) is 11.7. The van der Waals surface area contributed by atoms with Gasteiger partial charge in [0.05, 0.1) is 11.1 Å². The lowest BCUT2D eigenvalue weighted by atomic mass is 9.62. The topological polar surface area (TPSA) is 63.4 Å². The fraction of sp³-hybridized carbons (Fsp3) is 0.500. The van der Waals surface area contributed by atoms with Crippen molar-refractivity contribution >= 4 is 23.3 Å². The third-order valence-electron chi connectivity index (χ3n) is 5.99. The minimum absolute atomic E-state index is 0.0164. The largest absolute Gasteiger partial charge is 0.396 e. The molecule has 4 nitrogen and oxygen atoms in total. The molecule has 25 heavy (non-hydrogen) atoms. The number of Topliss-reactive ketones (excluding diaryl/α,β-unsaturated/α-hetero) is 1. The lowest BCUT2D eigenvalue weighted by Gasteiger charge is -2.54. The van der Waals surface area contributed by atoms with Crippen molar-refractivity contribution in [1.29, 1.82) is 0 Å². The molecule has 2 aliphatic carbocycles. The van der Waals surface area contributed by atoms with E-state index < -0.39 is 5.41 Å². The highest BCUT2D eigenvalue weighted by atomic mass is 35.5. The van der Waals surface area contributed by atoms with Crippen molar-refractivity contribution < 1.29 is 9.59 Å². The lowest BCUT2D eigenvalue weighted by Crippen LogP contribution is -2.63. The Hall–Kier alpha value is -1.81. The van der Waals surface area contributed by atoms with Gasteiger partial charge in [-0.2, -0.15) is 0 Å². The van der Waals surface area contributed by atoms with Gasteiger partial charge >= 0.3 is 0 Å². The van der Waals surface area contributed by atoms with Crippen molar-refractivity contribution in [2.45, 2.75) is 38.5 Å². The minimum Gasteiger partial charge on any atom is -0.396 e. The van der Waals surface area contributed by atoms with Gasteiger partial charge in [0.1, 0.15) is 0 Å². The molecule has 1 aromatic rings. The SMILES string of the molecule is CC1(C)CC2(C=C(N)C1=O)CN(C(=O)C1(c3ccc(Cl)cc3)CC1)C2. The normalized spacial score (nSPS) is 25.3. The van der Waals surface area contributed by atoms with E-state index in [1.54, 1.807) is 0 Å². The van der Waals surface area contributed by atoms with Gasteiger partial charge in [0.25, 0.3) is 0 Å². The second-order valence-corrected chi connectivity index (χ2v) is 9.04. The summed E-state index contributed by atoms with van der Waals surface area (Å²) in [5.41, 5.74) is 6.39. The minimum atomic E-state index is -0.457. The smallest absolute Gasteiger partial charge is 0.233 e. The molecule has 1 amide bonds. The van der Waals surface area contributed by atoms with Gasteiger partial charge in [0, 0.05) is 28.9 Å². The van der Waals surface area contributed by atoms with Crippen LogP contribution in [0.1, 0.15) is 38.7 Å². The van der Waals surface area contributed by atoms with E-state index in [2.05, 4.69) is 0 Å². The monoisotopic (exact) mass is 358 g/mol. The maximum Gasteiger partial charge on any atom is 0.233 e. The summed E-state index contributed by atoms with van der Waals surface area (Å²) in [6.07, 6.45) is 4.42. The van der Waals surface area contributed by atoms with Gasteiger partial charge in [-0.05, 0) is 43.0 Å². The van der Waals surface area contributed by atoms with Crippen LogP contribution in [0.5, 0.6) is 0 Å². The van der Waals surface area contributed by atoms with Crippen molar-refractivity contribution in [2.75, 3.05) is 13.1 Å². The van der Waals surface area contributed by atoms with E-state index >= 15 is 0 Å². The van der Waals surface area contributed by atoms with Crippen LogP contribution in [0, 0.1) is 10.8 Å². The lowest BCUT2D eigenvalue weighted by molar-refractivity contribution is -0.147. The third kappa shape index (κ3) is 2.50. The van der Waals surface area contributed by atoms with Gasteiger partial charge in [-0.1, -0.05) is 37.6 Å². The van der Waals surface area contributed by atoms with E-state index in [0.717, 1.165) is 24.8 Å². The highest BCUT2D eigenvalue weighted by Gasteiger charge is 2.58. The zero-order chi connectivity index (χ0) is 18.0. The molecule has 1 saturated carbocycles. The number of hydrogen-bond acceptors (Lipinski definition) is 3. The molecule has 4 rings (SSSR count). The first-order valence-corrected chi connectivity index (χ1v) is 9.14. The van der Waals surface area contributed by atoms with Crippen LogP contribution in [0.3, 0.4) is 0 Å².